The van der Waals surface area contributed by atoms with E-state index in [1.54, 1.807) is 0 Å². The van der Waals surface area contributed by atoms with Gasteiger partial charge in [-0.3, -0.25) is 0 Å². The fourth-order valence-corrected chi connectivity index (χ4v) is 4.11. The zero-order chi connectivity index (χ0) is 19.2. The summed E-state index contributed by atoms with van der Waals surface area (Å²) in [5, 5.41) is 0. The van der Waals surface area contributed by atoms with Crippen LogP contribution in [0.2, 0.25) is 0 Å². The largest absolute Gasteiger partial charge is 0.328 e. The molecule has 0 saturated carbocycles. The zero-order valence-electron chi connectivity index (χ0n) is 18.0. The molecule has 1 aromatic heterocycles. The van der Waals surface area contributed by atoms with Gasteiger partial charge in [-0.25, -0.2) is 4.98 Å². The van der Waals surface area contributed by atoms with E-state index in [0.717, 1.165) is 18.5 Å². The van der Waals surface area contributed by atoms with Crippen molar-refractivity contribution in [3.8, 4) is 0 Å². The minimum atomic E-state index is 1.02. The van der Waals surface area contributed by atoms with Crippen molar-refractivity contribution in [2.45, 2.75) is 117 Å². The van der Waals surface area contributed by atoms with Crippen molar-refractivity contribution in [1.29, 1.82) is 0 Å². The molecule has 0 aliphatic carbocycles. The topological polar surface area (TPSA) is 17.8 Å². The normalized spacial score (nSPS) is 11.5. The maximum Gasteiger partial charge on any atom is 0.109 e. The summed E-state index contributed by atoms with van der Waals surface area (Å²) in [6.07, 6.45) is 20.9. The highest BCUT2D eigenvalue weighted by Gasteiger charge is 2.07. The molecular weight excluding hydrogens is 328 g/mol. The molecule has 1 aromatic carbocycles. The van der Waals surface area contributed by atoms with Crippen LogP contribution in [-0.4, -0.2) is 9.55 Å². The van der Waals surface area contributed by atoms with Gasteiger partial charge in [0.15, 0.2) is 0 Å². The second-order valence-electron chi connectivity index (χ2n) is 8.12. The minimum Gasteiger partial charge on any atom is -0.328 e. The van der Waals surface area contributed by atoms with Gasteiger partial charge in [0, 0.05) is 13.0 Å². The molecule has 0 saturated heterocycles. The van der Waals surface area contributed by atoms with Crippen molar-refractivity contribution in [2.24, 2.45) is 0 Å². The summed E-state index contributed by atoms with van der Waals surface area (Å²) in [6, 6.07) is 8.57. The van der Waals surface area contributed by atoms with Gasteiger partial charge < -0.3 is 4.57 Å². The van der Waals surface area contributed by atoms with Gasteiger partial charge in [-0.15, -0.1) is 0 Å². The first kappa shape index (κ1) is 22.0. The smallest absolute Gasteiger partial charge is 0.109 e. The molecule has 0 radical (unpaired) electrons. The van der Waals surface area contributed by atoms with Crippen LogP contribution in [0.5, 0.6) is 0 Å². The molecule has 0 atom stereocenters. The van der Waals surface area contributed by atoms with Crippen LogP contribution in [0.15, 0.2) is 24.3 Å². The number of hydrogen-bond donors (Lipinski definition) is 0. The van der Waals surface area contributed by atoms with Crippen molar-refractivity contribution in [3.05, 3.63) is 30.1 Å². The molecule has 0 unspecified atom stereocenters. The van der Waals surface area contributed by atoms with Gasteiger partial charge in [-0.05, 0) is 18.6 Å². The Labute approximate surface area is 167 Å². The predicted molar refractivity (Wildman–Crippen MR) is 119 cm³/mol. The Morgan fingerprint density at radius 1 is 0.667 bits per heavy atom. The average Bonchev–Trinajstić information content (AvgIpc) is 3.06. The van der Waals surface area contributed by atoms with Crippen LogP contribution in [0, 0.1) is 0 Å². The molecule has 0 spiro atoms. The molecule has 2 nitrogen and oxygen atoms in total. The highest BCUT2D eigenvalue weighted by Crippen LogP contribution is 2.18. The summed E-state index contributed by atoms with van der Waals surface area (Å²) >= 11 is 0. The van der Waals surface area contributed by atoms with Gasteiger partial charge >= 0.3 is 0 Å². The summed E-state index contributed by atoms with van der Waals surface area (Å²) in [7, 11) is 0. The number of unbranched alkanes of at least 4 members (excludes halogenated alkanes) is 13. The molecule has 1 heterocycles. The molecule has 0 amide bonds. The maximum absolute atomic E-state index is 4.78. The quantitative estimate of drug-likeness (QED) is 0.273. The number of nitrogens with zero attached hydrogens (tertiary/aromatic N) is 2. The van der Waals surface area contributed by atoms with E-state index in [1.165, 1.54) is 101 Å². The van der Waals surface area contributed by atoms with Gasteiger partial charge in [-0.2, -0.15) is 0 Å². The number of para-hydroxylation sites is 2. The van der Waals surface area contributed by atoms with Gasteiger partial charge in [0.2, 0.25) is 0 Å². The second kappa shape index (κ2) is 13.8. The molecule has 0 aliphatic rings. The highest BCUT2D eigenvalue weighted by atomic mass is 15.1. The number of fused-ring (bicyclic) bond motifs is 1. The van der Waals surface area contributed by atoms with Crippen molar-refractivity contribution < 1.29 is 0 Å². The Balaban J connectivity index is 1.47. The van der Waals surface area contributed by atoms with Crippen LogP contribution < -0.4 is 0 Å². The Morgan fingerprint density at radius 3 is 1.74 bits per heavy atom. The molecular formula is C25H42N2. The summed E-state index contributed by atoms with van der Waals surface area (Å²) in [5.74, 6) is 1.24. The van der Waals surface area contributed by atoms with E-state index in [0.29, 0.717) is 0 Å². The fraction of sp³-hybridized carbons (Fsp3) is 0.720. The molecule has 2 aromatic rings. The van der Waals surface area contributed by atoms with E-state index in [-0.39, 0.29) is 0 Å². The lowest BCUT2D eigenvalue weighted by atomic mass is 10.0. The standard InChI is InChI=1S/C25H42N2/c1-3-5-6-7-8-9-10-11-12-13-14-15-16-19-22-27-24-21-18-17-20-23(24)26-25(27)4-2/h17-18,20-21H,3-16,19,22H2,1-2H3. The van der Waals surface area contributed by atoms with Crippen LogP contribution in [0.4, 0.5) is 0 Å². The Hall–Kier alpha value is -1.31. The van der Waals surface area contributed by atoms with Gasteiger partial charge in [0.25, 0.3) is 0 Å². The molecule has 0 aliphatic heterocycles. The van der Waals surface area contributed by atoms with Gasteiger partial charge in [-0.1, -0.05) is 109 Å². The van der Waals surface area contributed by atoms with E-state index < -0.39 is 0 Å². The van der Waals surface area contributed by atoms with E-state index in [2.05, 4.69) is 42.7 Å². The summed E-state index contributed by atoms with van der Waals surface area (Å²) in [4.78, 5) is 4.78. The number of benzene rings is 1. The first-order valence-corrected chi connectivity index (χ1v) is 11.8. The third kappa shape index (κ3) is 8.07. The van der Waals surface area contributed by atoms with E-state index >= 15 is 0 Å². The van der Waals surface area contributed by atoms with Crippen molar-refractivity contribution >= 4 is 11.0 Å². The van der Waals surface area contributed by atoms with E-state index in [9.17, 15) is 0 Å². The number of rotatable bonds is 16. The van der Waals surface area contributed by atoms with Gasteiger partial charge in [0.1, 0.15) is 5.82 Å². The second-order valence-corrected chi connectivity index (χ2v) is 8.12. The van der Waals surface area contributed by atoms with E-state index in [4.69, 9.17) is 4.98 Å². The first-order chi connectivity index (χ1) is 13.4. The lowest BCUT2D eigenvalue weighted by molar-refractivity contribution is 0.523. The fourth-order valence-electron chi connectivity index (χ4n) is 4.11. The van der Waals surface area contributed by atoms with Crippen molar-refractivity contribution in [2.75, 3.05) is 0 Å². The Kier molecular flexibility index (Phi) is 11.2. The van der Waals surface area contributed by atoms with E-state index in [1.807, 2.05) is 0 Å². The molecule has 2 rings (SSSR count). The minimum absolute atomic E-state index is 1.02. The zero-order valence-corrected chi connectivity index (χ0v) is 18.0. The summed E-state index contributed by atoms with van der Waals surface area (Å²) in [5.41, 5.74) is 2.46. The van der Waals surface area contributed by atoms with Crippen LogP contribution in [0.1, 0.15) is 110 Å². The summed E-state index contributed by atoms with van der Waals surface area (Å²) in [6.45, 7) is 5.63. The molecule has 0 fully saturated rings. The molecule has 0 N–H and O–H groups in total. The van der Waals surface area contributed by atoms with Crippen molar-refractivity contribution in [3.63, 3.8) is 0 Å². The van der Waals surface area contributed by atoms with Crippen LogP contribution >= 0.6 is 0 Å². The van der Waals surface area contributed by atoms with Crippen molar-refractivity contribution in [1.82, 2.24) is 9.55 Å². The van der Waals surface area contributed by atoms with Crippen LogP contribution in [-0.2, 0) is 13.0 Å². The number of aryl methyl sites for hydroxylation is 2. The molecule has 2 heteroatoms. The lowest BCUT2D eigenvalue weighted by Crippen LogP contribution is -2.03. The number of hydrogen-bond acceptors (Lipinski definition) is 1. The highest BCUT2D eigenvalue weighted by molar-refractivity contribution is 5.75. The monoisotopic (exact) mass is 370 g/mol. The number of imidazole rings is 1. The van der Waals surface area contributed by atoms with Crippen LogP contribution in [0.3, 0.4) is 0 Å². The molecule has 27 heavy (non-hydrogen) atoms. The third-order valence-electron chi connectivity index (χ3n) is 5.79. The molecule has 0 bridgehead atoms. The molecule has 152 valence electrons. The average molecular weight is 371 g/mol. The Bertz CT molecular complexity index is 614. The first-order valence-electron chi connectivity index (χ1n) is 11.8. The Morgan fingerprint density at radius 2 is 1.19 bits per heavy atom. The third-order valence-corrected chi connectivity index (χ3v) is 5.79. The maximum atomic E-state index is 4.78. The number of aromatic nitrogens is 2. The summed E-state index contributed by atoms with van der Waals surface area (Å²) < 4.78 is 2.44. The predicted octanol–water partition coefficient (Wildman–Crippen LogP) is 8.08. The lowest BCUT2D eigenvalue weighted by Gasteiger charge is -2.08. The van der Waals surface area contributed by atoms with Gasteiger partial charge in [0.05, 0.1) is 11.0 Å². The SMILES string of the molecule is CCCCCCCCCCCCCCCCn1c(CC)nc2ccccc21. The van der Waals surface area contributed by atoms with Crippen LogP contribution in [0.25, 0.3) is 11.0 Å².